The van der Waals surface area contributed by atoms with E-state index in [0.717, 1.165) is 35.7 Å². The van der Waals surface area contributed by atoms with Crippen LogP contribution in [-0.4, -0.2) is 4.57 Å². The smallest absolute Gasteiger partial charge is 0.123 e. The first-order valence-electron chi connectivity index (χ1n) is 5.71. The molecule has 84 valence electrons. The van der Waals surface area contributed by atoms with Crippen molar-refractivity contribution in [3.05, 3.63) is 35.3 Å². The van der Waals surface area contributed by atoms with E-state index in [0.29, 0.717) is 0 Å². The van der Waals surface area contributed by atoms with Crippen LogP contribution in [0.1, 0.15) is 30.1 Å². The van der Waals surface area contributed by atoms with E-state index in [2.05, 4.69) is 4.57 Å². The highest BCUT2D eigenvalue weighted by Gasteiger charge is 2.23. The molecule has 0 aliphatic heterocycles. The monoisotopic (exact) mass is 218 g/mol. The zero-order valence-corrected chi connectivity index (χ0v) is 9.33. The largest absolute Gasteiger partial charge is 0.347 e. The number of hydrogen-bond donors (Lipinski definition) is 1. The van der Waals surface area contributed by atoms with Crippen LogP contribution in [0.4, 0.5) is 4.39 Å². The lowest BCUT2D eigenvalue weighted by Gasteiger charge is -2.20. The third-order valence-corrected chi connectivity index (χ3v) is 3.63. The van der Waals surface area contributed by atoms with E-state index in [-0.39, 0.29) is 11.9 Å². The van der Waals surface area contributed by atoms with Gasteiger partial charge in [-0.2, -0.15) is 0 Å². The molecule has 2 aromatic rings. The van der Waals surface area contributed by atoms with Crippen molar-refractivity contribution in [2.24, 2.45) is 12.8 Å². The second kappa shape index (κ2) is 3.32. The Morgan fingerprint density at radius 1 is 1.44 bits per heavy atom. The molecule has 0 fully saturated rings. The molecule has 1 aliphatic rings. The summed E-state index contributed by atoms with van der Waals surface area (Å²) in [5.41, 5.74) is 9.66. The van der Waals surface area contributed by atoms with E-state index in [9.17, 15) is 4.39 Å². The number of benzene rings is 1. The van der Waals surface area contributed by atoms with Crippen LogP contribution in [0.15, 0.2) is 18.2 Å². The fourth-order valence-electron chi connectivity index (χ4n) is 2.85. The molecule has 0 bridgehead atoms. The lowest BCUT2D eigenvalue weighted by atomic mass is 9.91. The van der Waals surface area contributed by atoms with Crippen LogP contribution in [0.2, 0.25) is 0 Å². The van der Waals surface area contributed by atoms with E-state index in [1.54, 1.807) is 6.07 Å². The van der Waals surface area contributed by atoms with Gasteiger partial charge in [0, 0.05) is 29.7 Å². The topological polar surface area (TPSA) is 30.9 Å². The minimum Gasteiger partial charge on any atom is -0.347 e. The number of halogens is 1. The first-order valence-corrected chi connectivity index (χ1v) is 5.71. The van der Waals surface area contributed by atoms with Gasteiger partial charge in [-0.05, 0) is 43.0 Å². The molecule has 16 heavy (non-hydrogen) atoms. The van der Waals surface area contributed by atoms with Crippen LogP contribution in [0, 0.1) is 5.82 Å². The maximum absolute atomic E-state index is 13.3. The molecule has 3 heteroatoms. The Kier molecular flexibility index (Phi) is 2.04. The Morgan fingerprint density at radius 2 is 2.25 bits per heavy atom. The van der Waals surface area contributed by atoms with Gasteiger partial charge < -0.3 is 10.3 Å². The molecule has 1 aromatic carbocycles. The highest BCUT2D eigenvalue weighted by atomic mass is 19.1. The molecule has 0 saturated heterocycles. The van der Waals surface area contributed by atoms with Crippen molar-refractivity contribution in [2.75, 3.05) is 0 Å². The number of nitrogens with zero attached hydrogens (tertiary/aromatic N) is 1. The maximum atomic E-state index is 13.3. The third-order valence-electron chi connectivity index (χ3n) is 3.63. The predicted octanol–water partition coefficient (Wildman–Crippen LogP) is 2.65. The molecule has 1 aliphatic carbocycles. The first kappa shape index (κ1) is 9.85. The second-order valence-electron chi connectivity index (χ2n) is 4.58. The minimum absolute atomic E-state index is 0.0641. The first-order chi connectivity index (χ1) is 7.68. The van der Waals surface area contributed by atoms with E-state index in [1.165, 1.54) is 11.8 Å². The average molecular weight is 218 g/mol. The number of nitrogens with two attached hydrogens (primary N) is 1. The third kappa shape index (κ3) is 1.21. The lowest BCUT2D eigenvalue weighted by molar-refractivity contribution is 0.557. The van der Waals surface area contributed by atoms with Gasteiger partial charge in [-0.1, -0.05) is 0 Å². The summed E-state index contributed by atoms with van der Waals surface area (Å²) >= 11 is 0. The molecular formula is C13H15FN2. The van der Waals surface area contributed by atoms with E-state index in [4.69, 9.17) is 5.73 Å². The van der Waals surface area contributed by atoms with Crippen molar-refractivity contribution in [3.63, 3.8) is 0 Å². The molecule has 1 atom stereocenters. The van der Waals surface area contributed by atoms with Crippen molar-refractivity contribution in [3.8, 4) is 0 Å². The van der Waals surface area contributed by atoms with Gasteiger partial charge >= 0.3 is 0 Å². The summed E-state index contributed by atoms with van der Waals surface area (Å²) in [4.78, 5) is 0. The lowest BCUT2D eigenvalue weighted by Crippen LogP contribution is -2.17. The zero-order chi connectivity index (χ0) is 11.3. The van der Waals surface area contributed by atoms with Gasteiger partial charge in [-0.15, -0.1) is 0 Å². The van der Waals surface area contributed by atoms with Crippen molar-refractivity contribution < 1.29 is 4.39 Å². The Hall–Kier alpha value is -1.35. The molecule has 1 unspecified atom stereocenters. The second-order valence-corrected chi connectivity index (χ2v) is 4.58. The number of hydrogen-bond acceptors (Lipinski definition) is 1. The Labute approximate surface area is 93.9 Å². The van der Waals surface area contributed by atoms with Crippen LogP contribution in [-0.2, 0) is 13.5 Å². The van der Waals surface area contributed by atoms with Gasteiger partial charge in [-0.25, -0.2) is 4.39 Å². The number of rotatable bonds is 0. The summed E-state index contributed by atoms with van der Waals surface area (Å²) in [6, 6.07) is 5.03. The summed E-state index contributed by atoms with van der Waals surface area (Å²) in [5.74, 6) is -0.182. The molecular weight excluding hydrogens is 203 g/mol. The molecule has 1 heterocycles. The summed E-state index contributed by atoms with van der Waals surface area (Å²) in [5, 5.41) is 0.990. The molecule has 2 N–H and O–H groups in total. The Morgan fingerprint density at radius 3 is 3.06 bits per heavy atom. The van der Waals surface area contributed by atoms with Crippen LogP contribution in [0.3, 0.4) is 0 Å². The van der Waals surface area contributed by atoms with Crippen LogP contribution in [0.25, 0.3) is 10.9 Å². The number of aromatic nitrogens is 1. The van der Waals surface area contributed by atoms with E-state index < -0.39 is 0 Å². The molecule has 0 spiro atoms. The standard InChI is InChI=1S/C13H15FN2/c1-16-11-6-5-8(14)7-9(11)13-10(15)3-2-4-12(13)16/h5-7,10H,2-4,15H2,1H3. The van der Waals surface area contributed by atoms with Gasteiger partial charge in [0.1, 0.15) is 5.82 Å². The fraction of sp³-hybridized carbons (Fsp3) is 0.385. The van der Waals surface area contributed by atoms with Gasteiger partial charge in [0.25, 0.3) is 0 Å². The summed E-state index contributed by atoms with van der Waals surface area (Å²) < 4.78 is 15.4. The highest BCUT2D eigenvalue weighted by molar-refractivity contribution is 5.86. The van der Waals surface area contributed by atoms with Crippen molar-refractivity contribution in [1.29, 1.82) is 0 Å². The molecule has 1 aromatic heterocycles. The molecule has 0 radical (unpaired) electrons. The van der Waals surface area contributed by atoms with Crippen LogP contribution in [0.5, 0.6) is 0 Å². The van der Waals surface area contributed by atoms with Gasteiger partial charge in [0.05, 0.1) is 0 Å². The van der Waals surface area contributed by atoms with Crippen LogP contribution < -0.4 is 5.73 Å². The van der Waals surface area contributed by atoms with Crippen molar-refractivity contribution in [1.82, 2.24) is 4.57 Å². The number of aryl methyl sites for hydroxylation is 1. The molecule has 2 nitrogen and oxygen atoms in total. The SMILES string of the molecule is Cn1c2c(c3cc(F)ccc31)C(N)CCC2. The van der Waals surface area contributed by atoms with Gasteiger partial charge in [-0.3, -0.25) is 0 Å². The summed E-state index contributed by atoms with van der Waals surface area (Å²) in [6.45, 7) is 0. The average Bonchev–Trinajstić information content (AvgIpc) is 2.54. The van der Waals surface area contributed by atoms with Crippen molar-refractivity contribution in [2.45, 2.75) is 25.3 Å². The van der Waals surface area contributed by atoms with E-state index in [1.807, 2.05) is 13.1 Å². The summed E-state index contributed by atoms with van der Waals surface area (Å²) in [7, 11) is 2.04. The van der Waals surface area contributed by atoms with Crippen LogP contribution >= 0.6 is 0 Å². The quantitative estimate of drug-likeness (QED) is 0.724. The Bertz CT molecular complexity index is 557. The number of fused-ring (bicyclic) bond motifs is 3. The Balaban J connectivity index is 2.40. The zero-order valence-electron chi connectivity index (χ0n) is 9.33. The van der Waals surface area contributed by atoms with Gasteiger partial charge in [0.2, 0.25) is 0 Å². The predicted molar refractivity (Wildman–Crippen MR) is 62.7 cm³/mol. The van der Waals surface area contributed by atoms with Crippen molar-refractivity contribution >= 4 is 10.9 Å². The summed E-state index contributed by atoms with van der Waals surface area (Å²) in [6.07, 6.45) is 3.18. The normalized spacial score (nSPS) is 20.1. The molecule has 0 amide bonds. The maximum Gasteiger partial charge on any atom is 0.123 e. The molecule has 0 saturated carbocycles. The van der Waals surface area contributed by atoms with Gasteiger partial charge in [0.15, 0.2) is 0 Å². The van der Waals surface area contributed by atoms with E-state index >= 15 is 0 Å². The highest BCUT2D eigenvalue weighted by Crippen LogP contribution is 2.36. The minimum atomic E-state index is -0.182. The molecule has 3 rings (SSSR count). The fourth-order valence-corrected chi connectivity index (χ4v) is 2.85.